The van der Waals surface area contributed by atoms with Gasteiger partial charge in [-0.1, -0.05) is 18.2 Å². The average molecular weight is 382 g/mol. The van der Waals surface area contributed by atoms with Crippen molar-refractivity contribution in [1.29, 1.82) is 0 Å². The fraction of sp³-hybridized carbons (Fsp3) is 0.714. The molecule has 0 atom stereocenters. The minimum Gasteiger partial charge on any atom is -0.385 e. The molecule has 150 valence electrons. The molecule has 1 aromatic carbocycles. The van der Waals surface area contributed by atoms with Gasteiger partial charge in [0.2, 0.25) is 0 Å². The van der Waals surface area contributed by atoms with Crippen LogP contribution in [0.15, 0.2) is 30.3 Å². The number of hydrogen-bond donors (Lipinski definition) is 1. The van der Waals surface area contributed by atoms with E-state index in [4.69, 9.17) is 13.3 Å². The Kier molecular flexibility index (Phi) is 7.90. The Bertz CT molecular complexity index is 486. The van der Waals surface area contributed by atoms with Gasteiger partial charge in [0, 0.05) is 18.3 Å². The lowest BCUT2D eigenvalue weighted by Crippen LogP contribution is -2.57. The van der Waals surface area contributed by atoms with Gasteiger partial charge in [-0.15, -0.1) is 0 Å². The second-order valence-corrected chi connectivity index (χ2v) is 12.2. The van der Waals surface area contributed by atoms with Crippen molar-refractivity contribution in [3.8, 4) is 0 Å². The summed E-state index contributed by atoms with van der Waals surface area (Å²) in [6.45, 7) is 19.4. The highest BCUT2D eigenvalue weighted by Gasteiger charge is 2.49. The second-order valence-electron chi connectivity index (χ2n) is 9.72. The minimum atomic E-state index is -2.88. The molecule has 5 heteroatoms. The Morgan fingerprint density at radius 3 is 1.54 bits per heavy atom. The number of para-hydroxylation sites is 1. The third kappa shape index (κ3) is 10.3. The van der Waals surface area contributed by atoms with Gasteiger partial charge in [-0.2, -0.15) is 0 Å². The Hall–Kier alpha value is -0.883. The highest BCUT2D eigenvalue weighted by atomic mass is 28.4. The largest absolute Gasteiger partial charge is 0.502 e. The first-order valence-corrected chi connectivity index (χ1v) is 11.5. The van der Waals surface area contributed by atoms with E-state index in [2.05, 4.69) is 79.8 Å². The molecule has 1 N–H and O–H groups in total. The van der Waals surface area contributed by atoms with Crippen molar-refractivity contribution in [3.05, 3.63) is 30.3 Å². The fourth-order valence-electron chi connectivity index (χ4n) is 2.71. The first kappa shape index (κ1) is 23.2. The topological polar surface area (TPSA) is 39.7 Å². The smallest absolute Gasteiger partial charge is 0.385 e. The molecule has 0 spiro atoms. The van der Waals surface area contributed by atoms with E-state index in [0.29, 0.717) is 0 Å². The molecular weight excluding hydrogens is 342 g/mol. The summed E-state index contributed by atoms with van der Waals surface area (Å²) < 4.78 is 19.5. The number of hydrogen-bond acceptors (Lipinski definition) is 4. The van der Waals surface area contributed by atoms with Gasteiger partial charge in [-0.25, -0.2) is 0 Å². The Balaban J connectivity index is 2.88. The second kappa shape index (κ2) is 8.87. The SMILES string of the molecule is CC(C)(C)O[Si](CCCNc1ccccc1)(OC(C)(C)C)OC(C)(C)C. The van der Waals surface area contributed by atoms with Gasteiger partial charge in [0.15, 0.2) is 0 Å². The number of rotatable bonds is 8. The van der Waals surface area contributed by atoms with Crippen LogP contribution in [-0.4, -0.2) is 32.2 Å². The summed E-state index contributed by atoms with van der Waals surface area (Å²) in [4.78, 5) is 0. The predicted octanol–water partition coefficient (Wildman–Crippen LogP) is 5.87. The fourth-order valence-corrected chi connectivity index (χ4v) is 6.55. The van der Waals surface area contributed by atoms with E-state index < -0.39 is 8.80 Å². The molecule has 4 nitrogen and oxygen atoms in total. The van der Waals surface area contributed by atoms with E-state index in [1.54, 1.807) is 0 Å². The van der Waals surface area contributed by atoms with Crippen LogP contribution < -0.4 is 5.32 Å². The molecule has 0 amide bonds. The van der Waals surface area contributed by atoms with Crippen molar-refractivity contribution in [2.45, 2.75) is 91.6 Å². The van der Waals surface area contributed by atoms with Crippen LogP contribution in [0.2, 0.25) is 6.04 Å². The van der Waals surface area contributed by atoms with Crippen molar-refractivity contribution in [2.75, 3.05) is 11.9 Å². The first-order chi connectivity index (χ1) is 11.7. The van der Waals surface area contributed by atoms with Crippen LogP contribution in [0.4, 0.5) is 5.69 Å². The van der Waals surface area contributed by atoms with Gasteiger partial charge in [-0.3, -0.25) is 0 Å². The molecular formula is C21H39NO3Si. The van der Waals surface area contributed by atoms with Gasteiger partial charge < -0.3 is 18.6 Å². The zero-order chi connectivity index (χ0) is 20.1. The third-order valence-electron chi connectivity index (χ3n) is 3.15. The molecule has 0 saturated heterocycles. The quantitative estimate of drug-likeness (QED) is 0.451. The monoisotopic (exact) mass is 381 g/mol. The molecule has 0 saturated carbocycles. The molecule has 0 fully saturated rings. The number of benzene rings is 1. The van der Waals surface area contributed by atoms with Crippen LogP contribution in [-0.2, 0) is 13.3 Å². The summed E-state index contributed by atoms with van der Waals surface area (Å²) in [5.74, 6) is 0. The van der Waals surface area contributed by atoms with Crippen LogP contribution in [0, 0.1) is 0 Å². The van der Waals surface area contributed by atoms with Crippen molar-refractivity contribution in [1.82, 2.24) is 0 Å². The van der Waals surface area contributed by atoms with E-state index in [9.17, 15) is 0 Å². The summed E-state index contributed by atoms with van der Waals surface area (Å²) in [5, 5.41) is 3.46. The van der Waals surface area contributed by atoms with Crippen LogP contribution in [0.5, 0.6) is 0 Å². The predicted molar refractivity (Wildman–Crippen MR) is 113 cm³/mol. The van der Waals surface area contributed by atoms with E-state index in [1.165, 1.54) is 0 Å². The number of anilines is 1. The summed E-state index contributed by atoms with van der Waals surface area (Å²) >= 11 is 0. The highest BCUT2D eigenvalue weighted by Crippen LogP contribution is 2.32. The van der Waals surface area contributed by atoms with Crippen molar-refractivity contribution >= 4 is 14.5 Å². The molecule has 0 radical (unpaired) electrons. The lowest BCUT2D eigenvalue weighted by atomic mass is 10.2. The summed E-state index contributed by atoms with van der Waals surface area (Å²) in [6, 6.07) is 11.0. The van der Waals surface area contributed by atoms with Gasteiger partial charge in [0.05, 0.1) is 16.8 Å². The van der Waals surface area contributed by atoms with Crippen molar-refractivity contribution < 1.29 is 13.3 Å². The Morgan fingerprint density at radius 1 is 0.731 bits per heavy atom. The maximum absolute atomic E-state index is 6.50. The molecule has 0 heterocycles. The third-order valence-corrected chi connectivity index (χ3v) is 6.88. The summed E-state index contributed by atoms with van der Waals surface area (Å²) in [7, 11) is -2.88. The minimum absolute atomic E-state index is 0.324. The van der Waals surface area contributed by atoms with Gasteiger partial charge >= 0.3 is 8.80 Å². The lowest BCUT2D eigenvalue weighted by molar-refractivity contribution is -0.0753. The lowest BCUT2D eigenvalue weighted by Gasteiger charge is -2.43. The molecule has 0 aromatic heterocycles. The van der Waals surface area contributed by atoms with E-state index in [-0.39, 0.29) is 16.8 Å². The van der Waals surface area contributed by atoms with Crippen molar-refractivity contribution in [2.24, 2.45) is 0 Å². The van der Waals surface area contributed by atoms with Crippen LogP contribution in [0.25, 0.3) is 0 Å². The van der Waals surface area contributed by atoms with Crippen molar-refractivity contribution in [3.63, 3.8) is 0 Å². The zero-order valence-electron chi connectivity index (χ0n) is 18.2. The first-order valence-electron chi connectivity index (χ1n) is 9.59. The molecule has 0 aliphatic rings. The standard InChI is InChI=1S/C21H39NO3Si/c1-19(2,3)23-26(24-20(4,5)6,25-21(7,8)9)17-13-16-22-18-14-11-10-12-15-18/h10-12,14-15,22H,13,16-17H2,1-9H3. The zero-order valence-corrected chi connectivity index (χ0v) is 19.2. The highest BCUT2D eigenvalue weighted by molar-refractivity contribution is 6.61. The molecule has 1 rings (SSSR count). The van der Waals surface area contributed by atoms with E-state index in [1.807, 2.05) is 18.2 Å². The normalized spacial score (nSPS) is 13.7. The molecule has 1 aromatic rings. The molecule has 0 aliphatic heterocycles. The Morgan fingerprint density at radius 2 is 1.15 bits per heavy atom. The average Bonchev–Trinajstić information content (AvgIpc) is 2.39. The maximum atomic E-state index is 6.50. The molecule has 0 unspecified atom stereocenters. The number of nitrogens with one attached hydrogen (secondary N) is 1. The molecule has 26 heavy (non-hydrogen) atoms. The molecule has 0 aliphatic carbocycles. The van der Waals surface area contributed by atoms with Crippen LogP contribution >= 0.6 is 0 Å². The van der Waals surface area contributed by atoms with Crippen LogP contribution in [0.3, 0.4) is 0 Å². The van der Waals surface area contributed by atoms with Gasteiger partial charge in [0.1, 0.15) is 0 Å². The van der Waals surface area contributed by atoms with Gasteiger partial charge in [0.25, 0.3) is 0 Å². The van der Waals surface area contributed by atoms with E-state index >= 15 is 0 Å². The molecule has 0 bridgehead atoms. The van der Waals surface area contributed by atoms with Gasteiger partial charge in [-0.05, 0) is 80.9 Å². The Labute approximate surface area is 162 Å². The maximum Gasteiger partial charge on any atom is 0.502 e. The summed E-state index contributed by atoms with van der Waals surface area (Å²) in [6.07, 6.45) is 0.920. The van der Waals surface area contributed by atoms with Crippen LogP contribution in [0.1, 0.15) is 68.7 Å². The van der Waals surface area contributed by atoms with E-state index in [0.717, 1.165) is 24.7 Å². The summed E-state index contributed by atoms with van der Waals surface area (Å²) in [5.41, 5.74) is 0.158.